The summed E-state index contributed by atoms with van der Waals surface area (Å²) in [5, 5.41) is 0. The smallest absolute Gasteiger partial charge is 0.148 e. The van der Waals surface area contributed by atoms with Gasteiger partial charge in [-0.25, -0.2) is 8.42 Å². The maximum Gasteiger partial charge on any atom is 0.148 e. The topological polar surface area (TPSA) is 72.6 Å². The van der Waals surface area contributed by atoms with E-state index < -0.39 is 9.84 Å². The average molecular weight is 298 g/mol. The van der Waals surface area contributed by atoms with Crippen molar-refractivity contribution in [1.29, 1.82) is 0 Å². The third-order valence-electron chi connectivity index (χ3n) is 3.72. The molecule has 0 atom stereocenters. The summed E-state index contributed by atoms with van der Waals surface area (Å²) in [6, 6.07) is 3.99. The molecule has 1 aliphatic rings. The van der Waals surface area contributed by atoms with Crippen LogP contribution in [0, 0.1) is 0 Å². The number of nitrogens with two attached hydrogens (primary N) is 1. The lowest BCUT2D eigenvalue weighted by molar-refractivity contribution is 0.304. The van der Waals surface area contributed by atoms with Crippen LogP contribution in [0.25, 0.3) is 0 Å². The number of sulfone groups is 1. The van der Waals surface area contributed by atoms with Gasteiger partial charge >= 0.3 is 0 Å². The summed E-state index contributed by atoms with van der Waals surface area (Å²) in [6.07, 6.45) is 3.08. The molecule has 2 N–H and O–H groups in total. The van der Waals surface area contributed by atoms with Crippen LogP contribution in [0.5, 0.6) is 5.75 Å². The maximum absolute atomic E-state index is 11.2. The zero-order valence-corrected chi connectivity index (χ0v) is 12.9. The van der Waals surface area contributed by atoms with Gasteiger partial charge in [0.25, 0.3) is 0 Å². The number of nitrogens with zero attached hydrogens (tertiary/aromatic N) is 1. The molecule has 0 amide bonds. The molecule has 0 unspecified atom stereocenters. The van der Waals surface area contributed by atoms with E-state index in [0.29, 0.717) is 18.0 Å². The molecule has 2 rings (SSSR count). The minimum Gasteiger partial charge on any atom is -0.495 e. The van der Waals surface area contributed by atoms with Crippen molar-refractivity contribution in [3.8, 4) is 5.75 Å². The molecular formula is C14H22N2O3S. The molecule has 0 saturated carbocycles. The lowest BCUT2D eigenvalue weighted by atomic mass is 10.0. The zero-order chi connectivity index (χ0) is 14.8. The van der Waals surface area contributed by atoms with Crippen LogP contribution in [-0.4, -0.2) is 52.1 Å². The molecule has 0 radical (unpaired) electrons. The first-order valence-corrected chi connectivity index (χ1v) is 8.80. The number of hydrogen-bond donors (Lipinski definition) is 1. The highest BCUT2D eigenvalue weighted by Crippen LogP contribution is 2.28. The lowest BCUT2D eigenvalue weighted by Crippen LogP contribution is -2.31. The highest BCUT2D eigenvalue weighted by molar-refractivity contribution is 7.90. The van der Waals surface area contributed by atoms with E-state index in [-0.39, 0.29) is 5.75 Å². The predicted molar refractivity (Wildman–Crippen MR) is 81.0 cm³/mol. The van der Waals surface area contributed by atoms with Crippen LogP contribution in [-0.2, 0) is 22.7 Å². The minimum atomic E-state index is -2.90. The quantitative estimate of drug-likeness (QED) is 0.829. The molecule has 0 fully saturated rings. The number of nitrogen functional groups attached to an aromatic ring is 1. The first kappa shape index (κ1) is 15.1. The molecule has 5 nitrogen and oxygen atoms in total. The molecule has 1 aromatic rings. The number of ether oxygens (including phenoxy) is 1. The number of anilines is 1. The molecule has 112 valence electrons. The number of methoxy groups -OCH3 is 1. The van der Waals surface area contributed by atoms with E-state index in [0.717, 1.165) is 25.9 Å². The van der Waals surface area contributed by atoms with E-state index in [1.807, 2.05) is 12.1 Å². The van der Waals surface area contributed by atoms with E-state index in [9.17, 15) is 8.42 Å². The minimum absolute atomic E-state index is 0.217. The number of fused-ring (bicyclic) bond motifs is 1. The van der Waals surface area contributed by atoms with Crippen LogP contribution < -0.4 is 10.5 Å². The number of rotatable bonds is 4. The van der Waals surface area contributed by atoms with Crippen molar-refractivity contribution in [2.24, 2.45) is 0 Å². The van der Waals surface area contributed by atoms with Gasteiger partial charge in [0.15, 0.2) is 0 Å². The van der Waals surface area contributed by atoms with E-state index in [1.54, 1.807) is 7.11 Å². The highest BCUT2D eigenvalue weighted by Gasteiger charge is 2.17. The lowest BCUT2D eigenvalue weighted by Gasteiger charge is -2.18. The average Bonchev–Trinajstić information content (AvgIpc) is 2.56. The third-order valence-corrected chi connectivity index (χ3v) is 4.65. The summed E-state index contributed by atoms with van der Waals surface area (Å²) in [7, 11) is -1.28. The van der Waals surface area contributed by atoms with Crippen molar-refractivity contribution in [2.45, 2.75) is 12.8 Å². The SMILES string of the molecule is COc1cc2c(cc1N)CCN(CCS(C)(=O)=O)CC2. The predicted octanol–water partition coefficient (Wildman–Crippen LogP) is 0.723. The first-order valence-electron chi connectivity index (χ1n) is 6.74. The summed E-state index contributed by atoms with van der Waals surface area (Å²) in [4.78, 5) is 2.20. The van der Waals surface area contributed by atoms with E-state index in [4.69, 9.17) is 10.5 Å². The largest absolute Gasteiger partial charge is 0.495 e. The van der Waals surface area contributed by atoms with E-state index >= 15 is 0 Å². The Kier molecular flexibility index (Phi) is 4.55. The molecule has 1 aromatic carbocycles. The van der Waals surface area contributed by atoms with Crippen molar-refractivity contribution in [1.82, 2.24) is 4.90 Å². The van der Waals surface area contributed by atoms with Gasteiger partial charge in [-0.1, -0.05) is 0 Å². The Labute approximate surface area is 120 Å². The van der Waals surface area contributed by atoms with Crippen LogP contribution in [0.15, 0.2) is 12.1 Å². The van der Waals surface area contributed by atoms with Gasteiger partial charge in [0.2, 0.25) is 0 Å². The third kappa shape index (κ3) is 3.86. The first-order chi connectivity index (χ1) is 9.39. The molecule has 1 heterocycles. The Morgan fingerprint density at radius 1 is 1.25 bits per heavy atom. The Bertz CT molecular complexity index is 584. The summed E-state index contributed by atoms with van der Waals surface area (Å²) in [5.74, 6) is 0.933. The second-order valence-electron chi connectivity index (χ2n) is 5.33. The van der Waals surface area contributed by atoms with Crippen LogP contribution in [0.1, 0.15) is 11.1 Å². The molecular weight excluding hydrogens is 276 g/mol. The summed E-state index contributed by atoms with van der Waals surface area (Å²) in [5.41, 5.74) is 9.09. The Balaban J connectivity index is 2.07. The number of hydrogen-bond acceptors (Lipinski definition) is 5. The molecule has 1 aliphatic heterocycles. The van der Waals surface area contributed by atoms with Gasteiger partial charge in [0.05, 0.1) is 18.6 Å². The summed E-state index contributed by atoms with van der Waals surface area (Å²) >= 11 is 0. The molecule has 0 aliphatic carbocycles. The van der Waals surface area contributed by atoms with Crippen molar-refractivity contribution >= 4 is 15.5 Å². The van der Waals surface area contributed by atoms with Crippen molar-refractivity contribution < 1.29 is 13.2 Å². The van der Waals surface area contributed by atoms with Crippen LogP contribution in [0.4, 0.5) is 5.69 Å². The maximum atomic E-state index is 11.2. The molecule has 0 saturated heterocycles. The van der Waals surface area contributed by atoms with Gasteiger partial charge in [-0.3, -0.25) is 0 Å². The Morgan fingerprint density at radius 2 is 1.85 bits per heavy atom. The molecule has 20 heavy (non-hydrogen) atoms. The van der Waals surface area contributed by atoms with E-state index in [2.05, 4.69) is 4.90 Å². The Hall–Kier alpha value is -1.27. The molecule has 0 spiro atoms. The molecule has 6 heteroatoms. The highest BCUT2D eigenvalue weighted by atomic mass is 32.2. The van der Waals surface area contributed by atoms with Crippen molar-refractivity contribution in [3.05, 3.63) is 23.3 Å². The second kappa shape index (κ2) is 6.01. The fraction of sp³-hybridized carbons (Fsp3) is 0.571. The zero-order valence-electron chi connectivity index (χ0n) is 12.1. The summed E-state index contributed by atoms with van der Waals surface area (Å²) < 4.78 is 27.7. The van der Waals surface area contributed by atoms with E-state index in [1.165, 1.54) is 17.4 Å². The molecule has 0 aromatic heterocycles. The normalized spacial score (nSPS) is 16.5. The Morgan fingerprint density at radius 3 is 2.40 bits per heavy atom. The van der Waals surface area contributed by atoms with Crippen molar-refractivity contribution in [3.63, 3.8) is 0 Å². The summed E-state index contributed by atoms with van der Waals surface area (Å²) in [6.45, 7) is 2.34. The van der Waals surface area contributed by atoms with Crippen molar-refractivity contribution in [2.75, 3.05) is 44.5 Å². The van der Waals surface area contributed by atoms with Gasteiger partial charge in [-0.2, -0.15) is 0 Å². The van der Waals surface area contributed by atoms with Gasteiger partial charge in [0, 0.05) is 25.9 Å². The number of benzene rings is 1. The van der Waals surface area contributed by atoms with Crippen LogP contribution in [0.2, 0.25) is 0 Å². The molecule has 0 bridgehead atoms. The fourth-order valence-electron chi connectivity index (χ4n) is 2.52. The van der Waals surface area contributed by atoms with Gasteiger partial charge in [-0.05, 0) is 36.1 Å². The second-order valence-corrected chi connectivity index (χ2v) is 7.59. The fourth-order valence-corrected chi connectivity index (χ4v) is 3.11. The van der Waals surface area contributed by atoms with Gasteiger partial charge in [0.1, 0.15) is 15.6 Å². The van der Waals surface area contributed by atoms with Gasteiger partial charge in [-0.15, -0.1) is 0 Å². The van der Waals surface area contributed by atoms with Crippen LogP contribution in [0.3, 0.4) is 0 Å². The van der Waals surface area contributed by atoms with Gasteiger partial charge < -0.3 is 15.4 Å². The monoisotopic (exact) mass is 298 g/mol. The van der Waals surface area contributed by atoms with Crippen LogP contribution >= 0.6 is 0 Å². The standard InChI is InChI=1S/C14H22N2O3S/c1-19-14-10-12-4-6-16(7-8-20(2,17)18)5-3-11(12)9-13(14)15/h9-10H,3-8,15H2,1-2H3.